The van der Waals surface area contributed by atoms with Crippen LogP contribution in [0.5, 0.6) is 0 Å². The summed E-state index contributed by atoms with van der Waals surface area (Å²) in [6, 6.07) is 0.512. The van der Waals surface area contributed by atoms with Crippen molar-refractivity contribution in [2.45, 2.75) is 58.4 Å². The Bertz CT molecular complexity index is 236. The zero-order valence-corrected chi connectivity index (χ0v) is 12.7. The molecule has 114 valence electrons. The van der Waals surface area contributed by atoms with E-state index < -0.39 is 6.43 Å². The number of nitrogens with one attached hydrogen (secondary N) is 1. The highest BCUT2D eigenvalue weighted by Gasteiger charge is 2.30. The molecule has 1 N–H and O–H groups in total. The van der Waals surface area contributed by atoms with Gasteiger partial charge in [0, 0.05) is 12.6 Å². The molecule has 1 aliphatic carbocycles. The molecule has 4 heteroatoms. The van der Waals surface area contributed by atoms with Crippen LogP contribution < -0.4 is 5.32 Å². The molecule has 0 aliphatic heterocycles. The normalized spacial score (nSPS) is 28.3. The molecule has 0 spiro atoms. The molecule has 0 heterocycles. The van der Waals surface area contributed by atoms with Crippen molar-refractivity contribution in [3.8, 4) is 0 Å². The van der Waals surface area contributed by atoms with Crippen LogP contribution in [0.4, 0.5) is 8.78 Å². The molecule has 3 unspecified atom stereocenters. The van der Waals surface area contributed by atoms with E-state index in [1.165, 1.54) is 32.1 Å². The number of halogens is 2. The van der Waals surface area contributed by atoms with Crippen molar-refractivity contribution in [3.05, 3.63) is 0 Å². The van der Waals surface area contributed by atoms with Crippen LogP contribution in [0.25, 0.3) is 0 Å². The summed E-state index contributed by atoms with van der Waals surface area (Å²) < 4.78 is 24.8. The third-order valence-electron chi connectivity index (χ3n) is 4.25. The molecule has 0 radical (unpaired) electrons. The van der Waals surface area contributed by atoms with Crippen LogP contribution in [0, 0.1) is 11.8 Å². The SMILES string of the molecule is CCCC1CCC(NCC)C(CN(C)CC(F)F)C1. The van der Waals surface area contributed by atoms with Crippen molar-refractivity contribution in [2.75, 3.05) is 26.7 Å². The van der Waals surface area contributed by atoms with Gasteiger partial charge in [0.1, 0.15) is 0 Å². The van der Waals surface area contributed by atoms with Crippen LogP contribution in [-0.2, 0) is 0 Å². The maximum absolute atomic E-state index is 12.4. The Hall–Kier alpha value is -0.220. The van der Waals surface area contributed by atoms with Crippen molar-refractivity contribution in [3.63, 3.8) is 0 Å². The minimum atomic E-state index is -2.22. The molecule has 2 nitrogen and oxygen atoms in total. The van der Waals surface area contributed by atoms with Gasteiger partial charge < -0.3 is 10.2 Å². The Morgan fingerprint density at radius 2 is 2.00 bits per heavy atom. The average Bonchev–Trinajstić information content (AvgIpc) is 2.32. The molecule has 3 atom stereocenters. The number of hydrogen-bond acceptors (Lipinski definition) is 2. The second-order valence-corrected chi connectivity index (χ2v) is 6.00. The molecule has 1 aliphatic rings. The molecule has 19 heavy (non-hydrogen) atoms. The second kappa shape index (κ2) is 8.85. The van der Waals surface area contributed by atoms with Crippen LogP contribution in [-0.4, -0.2) is 44.0 Å². The van der Waals surface area contributed by atoms with Gasteiger partial charge in [0.05, 0.1) is 6.54 Å². The lowest BCUT2D eigenvalue weighted by atomic mass is 9.76. The Kier molecular flexibility index (Phi) is 7.84. The Balaban J connectivity index is 2.50. The van der Waals surface area contributed by atoms with Crippen LogP contribution in [0.3, 0.4) is 0 Å². The third kappa shape index (κ3) is 6.17. The number of rotatable bonds is 8. The van der Waals surface area contributed by atoms with Gasteiger partial charge >= 0.3 is 0 Å². The predicted molar refractivity (Wildman–Crippen MR) is 76.7 cm³/mol. The minimum Gasteiger partial charge on any atom is -0.314 e. The van der Waals surface area contributed by atoms with Crippen LogP contribution >= 0.6 is 0 Å². The number of alkyl halides is 2. The maximum Gasteiger partial charge on any atom is 0.251 e. The van der Waals surface area contributed by atoms with E-state index in [0.29, 0.717) is 12.0 Å². The van der Waals surface area contributed by atoms with E-state index in [2.05, 4.69) is 19.2 Å². The standard InChI is InChI=1S/C15H30F2N2/c1-4-6-12-7-8-14(18-5-2)13(9-12)10-19(3)11-15(16)17/h12-15,18H,4-11H2,1-3H3. The quantitative estimate of drug-likeness (QED) is 0.731. The topological polar surface area (TPSA) is 15.3 Å². The number of nitrogens with zero attached hydrogens (tertiary/aromatic N) is 1. The summed E-state index contributed by atoms with van der Waals surface area (Å²) in [5.74, 6) is 1.32. The van der Waals surface area contributed by atoms with E-state index in [1.807, 2.05) is 7.05 Å². The minimum absolute atomic E-state index is 0.103. The fourth-order valence-corrected chi connectivity index (χ4v) is 3.47. The lowest BCUT2D eigenvalue weighted by Gasteiger charge is -2.38. The van der Waals surface area contributed by atoms with Crippen molar-refractivity contribution < 1.29 is 8.78 Å². The smallest absolute Gasteiger partial charge is 0.251 e. The Morgan fingerprint density at radius 3 is 2.58 bits per heavy atom. The first kappa shape index (κ1) is 16.8. The molecule has 0 amide bonds. The zero-order chi connectivity index (χ0) is 14.3. The Morgan fingerprint density at radius 1 is 1.26 bits per heavy atom. The highest BCUT2D eigenvalue weighted by molar-refractivity contribution is 4.86. The summed E-state index contributed by atoms with van der Waals surface area (Å²) in [6.45, 7) is 6.01. The maximum atomic E-state index is 12.4. The first-order chi connectivity index (χ1) is 9.06. The molecular formula is C15H30F2N2. The summed E-state index contributed by atoms with van der Waals surface area (Å²) in [5.41, 5.74) is 0. The molecule has 0 aromatic carbocycles. The van der Waals surface area contributed by atoms with Gasteiger partial charge in [-0.2, -0.15) is 0 Å². The van der Waals surface area contributed by atoms with E-state index in [4.69, 9.17) is 0 Å². The third-order valence-corrected chi connectivity index (χ3v) is 4.25. The molecule has 0 saturated heterocycles. The van der Waals surface area contributed by atoms with Crippen LogP contribution in [0.15, 0.2) is 0 Å². The highest BCUT2D eigenvalue weighted by Crippen LogP contribution is 2.32. The molecule has 0 bridgehead atoms. The van der Waals surface area contributed by atoms with E-state index in [0.717, 1.165) is 19.0 Å². The molecule has 1 saturated carbocycles. The predicted octanol–water partition coefficient (Wildman–Crippen LogP) is 3.38. The first-order valence-corrected chi connectivity index (χ1v) is 7.76. The molecular weight excluding hydrogens is 246 g/mol. The van der Waals surface area contributed by atoms with Gasteiger partial charge in [-0.15, -0.1) is 0 Å². The zero-order valence-electron chi connectivity index (χ0n) is 12.7. The molecule has 0 aromatic heterocycles. The summed E-state index contributed by atoms with van der Waals surface area (Å²) in [6.07, 6.45) is 3.98. The van der Waals surface area contributed by atoms with Crippen molar-refractivity contribution >= 4 is 0 Å². The fourth-order valence-electron chi connectivity index (χ4n) is 3.47. The Labute approximate surface area is 116 Å². The van der Waals surface area contributed by atoms with Gasteiger partial charge in [0.15, 0.2) is 0 Å². The van der Waals surface area contributed by atoms with Gasteiger partial charge in [-0.3, -0.25) is 0 Å². The lowest BCUT2D eigenvalue weighted by molar-refractivity contribution is 0.0779. The molecule has 1 rings (SSSR count). The van der Waals surface area contributed by atoms with E-state index in [-0.39, 0.29) is 6.54 Å². The first-order valence-electron chi connectivity index (χ1n) is 7.76. The monoisotopic (exact) mass is 276 g/mol. The van der Waals surface area contributed by atoms with E-state index >= 15 is 0 Å². The highest BCUT2D eigenvalue weighted by atomic mass is 19.3. The summed E-state index contributed by atoms with van der Waals surface area (Å²) in [7, 11) is 1.82. The van der Waals surface area contributed by atoms with Crippen LogP contribution in [0.1, 0.15) is 46.0 Å². The average molecular weight is 276 g/mol. The fraction of sp³-hybridized carbons (Fsp3) is 1.00. The summed E-state index contributed by atoms with van der Waals surface area (Å²) in [5, 5.41) is 3.54. The van der Waals surface area contributed by atoms with Gasteiger partial charge in [-0.05, 0) is 44.7 Å². The van der Waals surface area contributed by atoms with Crippen molar-refractivity contribution in [1.29, 1.82) is 0 Å². The van der Waals surface area contributed by atoms with Gasteiger partial charge in [-0.1, -0.05) is 26.7 Å². The second-order valence-electron chi connectivity index (χ2n) is 6.00. The van der Waals surface area contributed by atoms with Gasteiger partial charge in [0.2, 0.25) is 0 Å². The van der Waals surface area contributed by atoms with E-state index in [9.17, 15) is 8.78 Å². The summed E-state index contributed by atoms with van der Waals surface area (Å²) in [4.78, 5) is 1.80. The molecule has 0 aromatic rings. The van der Waals surface area contributed by atoms with Gasteiger partial charge in [-0.25, -0.2) is 8.78 Å². The van der Waals surface area contributed by atoms with Crippen LogP contribution in [0.2, 0.25) is 0 Å². The summed E-state index contributed by atoms with van der Waals surface area (Å²) >= 11 is 0. The van der Waals surface area contributed by atoms with Crippen molar-refractivity contribution in [2.24, 2.45) is 11.8 Å². The van der Waals surface area contributed by atoms with Crippen molar-refractivity contribution in [1.82, 2.24) is 10.2 Å². The molecule has 1 fully saturated rings. The van der Waals surface area contributed by atoms with Gasteiger partial charge in [0.25, 0.3) is 6.43 Å². The lowest BCUT2D eigenvalue weighted by Crippen LogP contribution is -2.45. The largest absolute Gasteiger partial charge is 0.314 e. The number of hydrogen-bond donors (Lipinski definition) is 1. The van der Waals surface area contributed by atoms with E-state index in [1.54, 1.807) is 4.90 Å².